The molecule has 0 aromatic rings. The third-order valence-electron chi connectivity index (χ3n) is 11.3. The van der Waals surface area contributed by atoms with Crippen LogP contribution in [0.5, 0.6) is 0 Å². The van der Waals surface area contributed by atoms with E-state index in [2.05, 4.69) is 34.6 Å². The Balaban J connectivity index is 1.73. The molecule has 3 heteroatoms. The predicted molar refractivity (Wildman–Crippen MR) is 135 cm³/mol. The van der Waals surface area contributed by atoms with Crippen LogP contribution in [0.3, 0.4) is 0 Å². The summed E-state index contributed by atoms with van der Waals surface area (Å²) in [5, 5.41) is 21.0. The molecule has 4 rings (SSSR count). The third-order valence-corrected chi connectivity index (χ3v) is 11.3. The minimum Gasteiger partial charge on any atom is -0.481 e. The van der Waals surface area contributed by atoms with Gasteiger partial charge in [-0.15, -0.1) is 0 Å². The Morgan fingerprint density at radius 3 is 2.30 bits per heavy atom. The Kier molecular flexibility index (Phi) is 6.08. The van der Waals surface area contributed by atoms with Crippen LogP contribution in [-0.2, 0) is 4.79 Å². The lowest BCUT2D eigenvalue weighted by Gasteiger charge is -2.62. The molecule has 0 aromatic carbocycles. The molecule has 0 radical (unpaired) electrons. The Hall–Kier alpha value is -1.35. The molecule has 2 fully saturated rings. The molecule has 2 N–H and O–H groups in total. The average molecular weight is 455 g/mol. The highest BCUT2D eigenvalue weighted by Crippen LogP contribution is 2.72. The highest BCUT2D eigenvalue weighted by molar-refractivity contribution is 5.73. The molecule has 0 bridgehead atoms. The van der Waals surface area contributed by atoms with Crippen LogP contribution >= 0.6 is 0 Å². The first-order valence-electron chi connectivity index (χ1n) is 13.2. The molecule has 0 unspecified atom stereocenters. The number of allylic oxidation sites excluding steroid dienone is 5. The fourth-order valence-corrected chi connectivity index (χ4v) is 9.05. The second kappa shape index (κ2) is 8.11. The fraction of sp³-hybridized carbons (Fsp3) is 0.767. The number of hydrogen-bond acceptors (Lipinski definition) is 2. The van der Waals surface area contributed by atoms with E-state index in [1.165, 1.54) is 5.57 Å². The van der Waals surface area contributed by atoms with Gasteiger partial charge in [0.25, 0.3) is 0 Å². The lowest BCUT2D eigenvalue weighted by Crippen LogP contribution is -2.55. The van der Waals surface area contributed by atoms with Gasteiger partial charge in [0.2, 0.25) is 0 Å². The van der Waals surface area contributed by atoms with Crippen LogP contribution in [0.25, 0.3) is 0 Å². The Labute approximate surface area is 201 Å². The molecular formula is C30H46O3. The number of rotatable bonds is 4. The summed E-state index contributed by atoms with van der Waals surface area (Å²) in [7, 11) is 0. The number of carboxylic acid groups (broad SMARTS) is 1. The zero-order valence-electron chi connectivity index (χ0n) is 22.0. The van der Waals surface area contributed by atoms with Crippen molar-refractivity contribution in [1.82, 2.24) is 0 Å². The lowest BCUT2D eigenvalue weighted by atomic mass is 9.43. The molecule has 2 saturated carbocycles. The molecule has 4 aliphatic carbocycles. The van der Waals surface area contributed by atoms with E-state index in [-0.39, 0.29) is 33.7 Å². The summed E-state index contributed by atoms with van der Waals surface area (Å²) in [4.78, 5) is 12.4. The van der Waals surface area contributed by atoms with Crippen molar-refractivity contribution in [1.29, 1.82) is 0 Å². The molecule has 0 saturated heterocycles. The molecule has 33 heavy (non-hydrogen) atoms. The van der Waals surface area contributed by atoms with Crippen LogP contribution in [0.15, 0.2) is 34.9 Å². The standard InChI is InChI=1S/C30H46O3/c1-19(2)9-8-10-20(26(32)33)21-13-17-30(7)23-11-12-24-27(3,4)25(31)15-16-28(24,5)22(23)14-18-29(21,30)6/h8-10,20-21,24-25,31H,11-18H2,1-7H3,(H,32,33)/b10-8+/t20-,21-,24+,25+,28-,29-,30+/m1/s1. The highest BCUT2D eigenvalue weighted by Gasteiger charge is 2.64. The van der Waals surface area contributed by atoms with Crippen molar-refractivity contribution in [3.05, 3.63) is 34.9 Å². The van der Waals surface area contributed by atoms with E-state index >= 15 is 0 Å². The second-order valence-corrected chi connectivity index (χ2v) is 13.2. The molecular weight excluding hydrogens is 408 g/mol. The molecule has 0 amide bonds. The third kappa shape index (κ3) is 3.51. The first-order chi connectivity index (χ1) is 15.3. The van der Waals surface area contributed by atoms with Gasteiger partial charge in [0.1, 0.15) is 0 Å². The van der Waals surface area contributed by atoms with Crippen LogP contribution < -0.4 is 0 Å². The molecule has 0 aromatic heterocycles. The van der Waals surface area contributed by atoms with E-state index in [0.717, 1.165) is 51.4 Å². The SMILES string of the molecule is CC(C)=C/C=C/[C@@H](C(=O)O)[C@H]1CC[C@@]2(C)C3=C(CC[C@]12C)[C@@]1(C)CC[C@H](O)C(C)(C)[C@@H]1CC3. The summed E-state index contributed by atoms with van der Waals surface area (Å²) in [6.45, 7) is 16.0. The second-order valence-electron chi connectivity index (χ2n) is 13.2. The van der Waals surface area contributed by atoms with E-state index in [1.807, 2.05) is 32.1 Å². The summed E-state index contributed by atoms with van der Waals surface area (Å²) in [5.74, 6) is -0.407. The Bertz CT molecular complexity index is 904. The monoisotopic (exact) mass is 454 g/mol. The summed E-state index contributed by atoms with van der Waals surface area (Å²) >= 11 is 0. The first kappa shape index (κ1) is 24.8. The normalized spacial score (nSPS) is 43.0. The van der Waals surface area contributed by atoms with Crippen LogP contribution in [0.1, 0.15) is 99.8 Å². The van der Waals surface area contributed by atoms with Gasteiger partial charge in [-0.1, -0.05) is 69.6 Å². The predicted octanol–water partition coefficient (Wildman–Crippen LogP) is 7.32. The quantitative estimate of drug-likeness (QED) is 0.345. The Morgan fingerprint density at radius 1 is 0.970 bits per heavy atom. The minimum atomic E-state index is -0.678. The van der Waals surface area contributed by atoms with Crippen molar-refractivity contribution in [2.45, 2.75) is 106 Å². The number of aliphatic hydroxyl groups excluding tert-OH is 1. The zero-order chi connectivity index (χ0) is 24.4. The number of hydrogen-bond donors (Lipinski definition) is 2. The molecule has 184 valence electrons. The van der Waals surface area contributed by atoms with Crippen molar-refractivity contribution < 1.29 is 15.0 Å². The van der Waals surface area contributed by atoms with E-state index in [1.54, 1.807) is 11.1 Å². The smallest absolute Gasteiger partial charge is 0.310 e. The maximum Gasteiger partial charge on any atom is 0.310 e. The number of aliphatic carboxylic acids is 1. The van der Waals surface area contributed by atoms with Gasteiger partial charge in [0.05, 0.1) is 12.0 Å². The minimum absolute atomic E-state index is 0.0110. The van der Waals surface area contributed by atoms with Gasteiger partial charge < -0.3 is 10.2 Å². The summed E-state index contributed by atoms with van der Waals surface area (Å²) in [5.41, 5.74) is 4.77. The fourth-order valence-electron chi connectivity index (χ4n) is 9.05. The molecule has 4 aliphatic rings. The van der Waals surface area contributed by atoms with Gasteiger partial charge in [-0.3, -0.25) is 4.79 Å². The maximum atomic E-state index is 12.4. The summed E-state index contributed by atoms with van der Waals surface area (Å²) in [6, 6.07) is 0. The molecule has 0 aliphatic heterocycles. The molecule has 0 heterocycles. The highest BCUT2D eigenvalue weighted by atomic mass is 16.4. The van der Waals surface area contributed by atoms with Gasteiger partial charge in [-0.05, 0) is 98.7 Å². The zero-order valence-corrected chi connectivity index (χ0v) is 22.0. The van der Waals surface area contributed by atoms with E-state index in [4.69, 9.17) is 0 Å². The lowest BCUT2D eigenvalue weighted by molar-refractivity contribution is -0.144. The van der Waals surface area contributed by atoms with Gasteiger partial charge in [-0.25, -0.2) is 0 Å². The Morgan fingerprint density at radius 2 is 1.67 bits per heavy atom. The maximum absolute atomic E-state index is 12.4. The number of aliphatic hydroxyl groups is 1. The van der Waals surface area contributed by atoms with Gasteiger partial charge in [0.15, 0.2) is 0 Å². The number of fused-ring (bicyclic) bond motifs is 4. The van der Waals surface area contributed by atoms with Gasteiger partial charge >= 0.3 is 5.97 Å². The molecule has 3 nitrogen and oxygen atoms in total. The van der Waals surface area contributed by atoms with Crippen LogP contribution in [0.2, 0.25) is 0 Å². The van der Waals surface area contributed by atoms with Crippen molar-refractivity contribution in [3.63, 3.8) is 0 Å². The first-order valence-corrected chi connectivity index (χ1v) is 13.2. The van der Waals surface area contributed by atoms with Crippen molar-refractivity contribution >= 4 is 5.97 Å². The summed E-state index contributed by atoms with van der Waals surface area (Å²) in [6.07, 6.45) is 14.2. The van der Waals surface area contributed by atoms with E-state index < -0.39 is 11.9 Å². The number of carboxylic acids is 1. The topological polar surface area (TPSA) is 57.5 Å². The van der Waals surface area contributed by atoms with Crippen LogP contribution in [0, 0.1) is 39.4 Å². The van der Waals surface area contributed by atoms with Crippen LogP contribution in [-0.4, -0.2) is 22.3 Å². The van der Waals surface area contributed by atoms with Crippen molar-refractivity contribution in [3.8, 4) is 0 Å². The molecule has 7 atom stereocenters. The summed E-state index contributed by atoms with van der Waals surface area (Å²) < 4.78 is 0. The largest absolute Gasteiger partial charge is 0.481 e. The average Bonchev–Trinajstić information content (AvgIpc) is 3.00. The van der Waals surface area contributed by atoms with E-state index in [0.29, 0.717) is 5.92 Å². The van der Waals surface area contributed by atoms with Crippen LogP contribution in [0.4, 0.5) is 0 Å². The van der Waals surface area contributed by atoms with Crippen molar-refractivity contribution in [2.24, 2.45) is 39.4 Å². The van der Waals surface area contributed by atoms with Crippen molar-refractivity contribution in [2.75, 3.05) is 0 Å². The van der Waals surface area contributed by atoms with E-state index in [9.17, 15) is 15.0 Å². The van der Waals surface area contributed by atoms with Gasteiger partial charge in [0, 0.05) is 0 Å². The van der Waals surface area contributed by atoms with Gasteiger partial charge in [-0.2, -0.15) is 0 Å². The number of carbonyl (C=O) groups is 1. The molecule has 0 spiro atoms.